The van der Waals surface area contributed by atoms with E-state index in [0.717, 1.165) is 16.8 Å². The van der Waals surface area contributed by atoms with Crippen molar-refractivity contribution in [2.75, 3.05) is 7.05 Å². The molecule has 3 aromatic rings. The second-order valence-electron chi connectivity index (χ2n) is 4.43. The number of benzene rings is 1. The summed E-state index contributed by atoms with van der Waals surface area (Å²) in [6, 6.07) is 11.2. The number of fused-ring (bicyclic) bond motifs is 1. The summed E-state index contributed by atoms with van der Waals surface area (Å²) in [5.41, 5.74) is 1.53. The standard InChI is InChI=1S/C15H12Cl2N2O/c1-18-14(12-6-5-10(16)8-19-12)13-7-9-3-2-4-11(17)15(9)20-13/h2-8,14,18H,1H3. The van der Waals surface area contributed by atoms with Crippen molar-refractivity contribution in [3.63, 3.8) is 0 Å². The van der Waals surface area contributed by atoms with Gasteiger partial charge in [-0.15, -0.1) is 0 Å². The Hall–Kier alpha value is -1.55. The fourth-order valence-electron chi connectivity index (χ4n) is 2.18. The highest BCUT2D eigenvalue weighted by molar-refractivity contribution is 6.34. The zero-order chi connectivity index (χ0) is 14.1. The van der Waals surface area contributed by atoms with Crippen LogP contribution >= 0.6 is 23.2 Å². The van der Waals surface area contributed by atoms with E-state index in [1.54, 1.807) is 6.20 Å². The topological polar surface area (TPSA) is 38.1 Å². The molecule has 0 bridgehead atoms. The Morgan fingerprint density at radius 3 is 2.70 bits per heavy atom. The highest BCUT2D eigenvalue weighted by Gasteiger charge is 2.18. The van der Waals surface area contributed by atoms with Gasteiger partial charge in [-0.05, 0) is 31.3 Å². The summed E-state index contributed by atoms with van der Waals surface area (Å²) in [4.78, 5) is 4.33. The van der Waals surface area contributed by atoms with Crippen molar-refractivity contribution in [3.05, 3.63) is 64.1 Å². The summed E-state index contributed by atoms with van der Waals surface area (Å²) < 4.78 is 5.87. The van der Waals surface area contributed by atoms with Crippen LogP contribution in [0.1, 0.15) is 17.5 Å². The van der Waals surface area contributed by atoms with Gasteiger partial charge in [0.05, 0.1) is 15.7 Å². The normalized spacial score (nSPS) is 12.8. The van der Waals surface area contributed by atoms with Gasteiger partial charge in [0, 0.05) is 11.6 Å². The Kier molecular flexibility index (Phi) is 3.66. The predicted octanol–water partition coefficient (Wildman–Crippen LogP) is 4.44. The van der Waals surface area contributed by atoms with E-state index < -0.39 is 0 Å². The van der Waals surface area contributed by atoms with Gasteiger partial charge in [-0.1, -0.05) is 35.3 Å². The minimum Gasteiger partial charge on any atom is -0.457 e. The molecule has 0 radical (unpaired) electrons. The molecule has 3 rings (SSSR count). The maximum Gasteiger partial charge on any atom is 0.152 e. The molecule has 0 aliphatic carbocycles. The molecule has 5 heteroatoms. The summed E-state index contributed by atoms with van der Waals surface area (Å²) in [7, 11) is 1.86. The lowest BCUT2D eigenvalue weighted by molar-refractivity contribution is 0.486. The number of halogens is 2. The van der Waals surface area contributed by atoms with Crippen molar-refractivity contribution < 1.29 is 4.42 Å². The fourth-order valence-corrected chi connectivity index (χ4v) is 2.52. The monoisotopic (exact) mass is 306 g/mol. The molecular formula is C15H12Cl2N2O. The first kappa shape index (κ1) is 13.4. The average Bonchev–Trinajstić information content (AvgIpc) is 2.87. The lowest BCUT2D eigenvalue weighted by Gasteiger charge is -2.12. The van der Waals surface area contributed by atoms with Crippen molar-refractivity contribution in [3.8, 4) is 0 Å². The average molecular weight is 307 g/mol. The largest absolute Gasteiger partial charge is 0.457 e. The molecule has 0 spiro atoms. The van der Waals surface area contributed by atoms with Crippen LogP contribution in [-0.4, -0.2) is 12.0 Å². The van der Waals surface area contributed by atoms with Crippen LogP contribution in [0.4, 0.5) is 0 Å². The van der Waals surface area contributed by atoms with E-state index in [1.807, 2.05) is 43.4 Å². The highest BCUT2D eigenvalue weighted by Crippen LogP contribution is 2.31. The molecule has 0 saturated carbocycles. The van der Waals surface area contributed by atoms with Gasteiger partial charge in [0.1, 0.15) is 11.8 Å². The molecule has 0 saturated heterocycles. The maximum atomic E-state index is 6.14. The number of hydrogen-bond donors (Lipinski definition) is 1. The van der Waals surface area contributed by atoms with Crippen molar-refractivity contribution in [2.45, 2.75) is 6.04 Å². The lowest BCUT2D eigenvalue weighted by Crippen LogP contribution is -2.18. The Morgan fingerprint density at radius 2 is 2.05 bits per heavy atom. The lowest BCUT2D eigenvalue weighted by atomic mass is 10.1. The first-order valence-corrected chi connectivity index (χ1v) is 6.91. The van der Waals surface area contributed by atoms with Gasteiger partial charge in [-0.3, -0.25) is 4.98 Å². The van der Waals surface area contributed by atoms with Crippen molar-refractivity contribution >= 4 is 34.2 Å². The molecule has 2 aromatic heterocycles. The van der Waals surface area contributed by atoms with Crippen LogP contribution in [0, 0.1) is 0 Å². The Bertz CT molecular complexity index is 737. The number of hydrogen-bond acceptors (Lipinski definition) is 3. The first-order chi connectivity index (χ1) is 9.69. The third-order valence-electron chi connectivity index (χ3n) is 3.13. The van der Waals surface area contributed by atoms with Crippen LogP contribution < -0.4 is 5.32 Å². The number of aromatic nitrogens is 1. The molecule has 0 amide bonds. The fraction of sp³-hybridized carbons (Fsp3) is 0.133. The molecule has 102 valence electrons. The smallest absolute Gasteiger partial charge is 0.152 e. The number of rotatable bonds is 3. The summed E-state index contributed by atoms with van der Waals surface area (Å²) >= 11 is 12.0. The molecule has 0 fully saturated rings. The molecule has 1 atom stereocenters. The van der Waals surface area contributed by atoms with Crippen LogP contribution in [0.3, 0.4) is 0 Å². The quantitative estimate of drug-likeness (QED) is 0.777. The van der Waals surface area contributed by atoms with E-state index in [-0.39, 0.29) is 6.04 Å². The van der Waals surface area contributed by atoms with Gasteiger partial charge < -0.3 is 9.73 Å². The summed E-state index contributed by atoms with van der Waals surface area (Å²) in [6.07, 6.45) is 1.62. The van der Waals surface area contributed by atoms with Gasteiger partial charge in [-0.25, -0.2) is 0 Å². The molecule has 1 aromatic carbocycles. The molecule has 1 unspecified atom stereocenters. The first-order valence-electron chi connectivity index (χ1n) is 6.15. The van der Waals surface area contributed by atoms with Crippen molar-refractivity contribution in [2.24, 2.45) is 0 Å². The third kappa shape index (κ3) is 2.40. The third-order valence-corrected chi connectivity index (χ3v) is 3.66. The van der Waals surface area contributed by atoms with E-state index in [0.29, 0.717) is 15.6 Å². The molecule has 2 heterocycles. The van der Waals surface area contributed by atoms with Crippen molar-refractivity contribution in [1.29, 1.82) is 0 Å². The van der Waals surface area contributed by atoms with Crippen molar-refractivity contribution in [1.82, 2.24) is 10.3 Å². The number of pyridine rings is 1. The van der Waals surface area contributed by atoms with Gasteiger partial charge in [0.25, 0.3) is 0 Å². The highest BCUT2D eigenvalue weighted by atomic mass is 35.5. The van der Waals surface area contributed by atoms with E-state index in [4.69, 9.17) is 27.6 Å². The number of nitrogens with one attached hydrogen (secondary N) is 1. The van der Waals surface area contributed by atoms with Gasteiger partial charge in [0.15, 0.2) is 5.58 Å². The molecule has 0 aliphatic rings. The minimum absolute atomic E-state index is 0.143. The Labute approximate surface area is 126 Å². The summed E-state index contributed by atoms with van der Waals surface area (Å²) in [6.45, 7) is 0. The minimum atomic E-state index is -0.143. The molecule has 20 heavy (non-hydrogen) atoms. The van der Waals surface area contributed by atoms with E-state index in [9.17, 15) is 0 Å². The zero-order valence-electron chi connectivity index (χ0n) is 10.7. The van der Waals surface area contributed by atoms with Gasteiger partial charge >= 0.3 is 0 Å². The summed E-state index contributed by atoms with van der Waals surface area (Å²) in [5, 5.41) is 5.38. The Morgan fingerprint density at radius 1 is 1.20 bits per heavy atom. The van der Waals surface area contributed by atoms with Crippen LogP contribution in [0.2, 0.25) is 10.0 Å². The van der Waals surface area contributed by atoms with Crippen LogP contribution in [-0.2, 0) is 0 Å². The summed E-state index contributed by atoms with van der Waals surface area (Å²) in [5.74, 6) is 0.769. The number of para-hydroxylation sites is 1. The second-order valence-corrected chi connectivity index (χ2v) is 5.27. The molecular weight excluding hydrogens is 295 g/mol. The maximum absolute atomic E-state index is 6.14. The molecule has 1 N–H and O–H groups in total. The SMILES string of the molecule is CNC(c1ccc(Cl)cn1)c1cc2cccc(Cl)c2o1. The van der Waals surface area contributed by atoms with Crippen LogP contribution in [0.15, 0.2) is 47.0 Å². The van der Waals surface area contributed by atoms with E-state index in [1.165, 1.54) is 0 Å². The predicted molar refractivity (Wildman–Crippen MR) is 81.4 cm³/mol. The number of furan rings is 1. The second kappa shape index (κ2) is 5.44. The van der Waals surface area contributed by atoms with Gasteiger partial charge in [0.2, 0.25) is 0 Å². The zero-order valence-corrected chi connectivity index (χ0v) is 12.2. The van der Waals surface area contributed by atoms with Crippen LogP contribution in [0.5, 0.6) is 0 Å². The van der Waals surface area contributed by atoms with E-state index in [2.05, 4.69) is 10.3 Å². The Balaban J connectivity index is 2.07. The molecule has 0 aliphatic heterocycles. The van der Waals surface area contributed by atoms with Gasteiger partial charge in [-0.2, -0.15) is 0 Å². The molecule has 3 nitrogen and oxygen atoms in total. The number of nitrogens with zero attached hydrogens (tertiary/aromatic N) is 1. The van der Waals surface area contributed by atoms with E-state index >= 15 is 0 Å². The van der Waals surface area contributed by atoms with Crippen LogP contribution in [0.25, 0.3) is 11.0 Å².